The summed E-state index contributed by atoms with van der Waals surface area (Å²) in [6.07, 6.45) is 6.63. The quantitative estimate of drug-likeness (QED) is 0.602. The van der Waals surface area contributed by atoms with E-state index in [2.05, 4.69) is 32.0 Å². The van der Waals surface area contributed by atoms with Gasteiger partial charge in [0.15, 0.2) is 11.5 Å². The molecule has 9 nitrogen and oxygen atoms in total. The average molecular weight is 437 g/mol. The number of imidazole rings is 1. The molecule has 0 saturated heterocycles. The predicted molar refractivity (Wildman–Crippen MR) is 120 cm³/mol. The first-order valence-corrected chi connectivity index (χ1v) is 11.6. The van der Waals surface area contributed by atoms with Gasteiger partial charge in [0.1, 0.15) is 11.3 Å². The molecule has 4 bridgehead atoms. The summed E-state index contributed by atoms with van der Waals surface area (Å²) in [5, 5.41) is 0. The Morgan fingerprint density at radius 2 is 1.91 bits per heavy atom. The predicted octanol–water partition coefficient (Wildman–Crippen LogP) is 2.21. The van der Waals surface area contributed by atoms with Crippen LogP contribution in [0.3, 0.4) is 0 Å². The van der Waals surface area contributed by atoms with Crippen LogP contribution in [0.5, 0.6) is 11.8 Å². The van der Waals surface area contributed by atoms with E-state index in [0.29, 0.717) is 37.0 Å². The van der Waals surface area contributed by atoms with Crippen molar-refractivity contribution in [2.24, 2.45) is 0 Å². The molecular formula is C23H28N6O3. The zero-order valence-electron chi connectivity index (χ0n) is 18.1. The number of nitrogen functional groups attached to an aromatic ring is 1. The Labute approximate surface area is 185 Å². The molecule has 168 valence electrons. The Hall–Kier alpha value is -3.07. The van der Waals surface area contributed by atoms with Crippen LogP contribution < -0.4 is 20.9 Å². The molecule has 0 amide bonds. The van der Waals surface area contributed by atoms with Crippen molar-refractivity contribution in [2.45, 2.75) is 57.7 Å². The van der Waals surface area contributed by atoms with Crippen LogP contribution in [-0.2, 0) is 19.5 Å². The van der Waals surface area contributed by atoms with Gasteiger partial charge >= 0.3 is 11.7 Å². The van der Waals surface area contributed by atoms with E-state index in [9.17, 15) is 4.79 Å². The molecule has 3 aromatic rings. The third-order valence-corrected chi connectivity index (χ3v) is 6.97. The minimum Gasteiger partial charge on any atom is -0.493 e. The Morgan fingerprint density at radius 3 is 2.72 bits per heavy atom. The summed E-state index contributed by atoms with van der Waals surface area (Å²) in [6.45, 7) is 3.50. The van der Waals surface area contributed by atoms with Crippen LogP contribution in [0.2, 0.25) is 0 Å². The summed E-state index contributed by atoms with van der Waals surface area (Å²) in [5.74, 6) is 1.17. The second kappa shape index (κ2) is 7.81. The number of anilines is 1. The largest absolute Gasteiger partial charge is 0.493 e. The topological polar surface area (TPSA) is 111 Å². The second-order valence-electron chi connectivity index (χ2n) is 9.05. The molecule has 2 aliphatic heterocycles. The molecule has 0 unspecified atom stereocenters. The van der Waals surface area contributed by atoms with Crippen LogP contribution in [-0.4, -0.2) is 50.2 Å². The van der Waals surface area contributed by atoms with Gasteiger partial charge in [0.25, 0.3) is 0 Å². The number of aromatic nitrogens is 4. The zero-order chi connectivity index (χ0) is 21.7. The number of nitrogens with one attached hydrogen (secondary N) is 1. The number of ether oxygens (including phenoxy) is 2. The lowest BCUT2D eigenvalue weighted by Gasteiger charge is -2.40. The van der Waals surface area contributed by atoms with Crippen LogP contribution in [0.15, 0.2) is 16.9 Å². The molecular weight excluding hydrogens is 408 g/mol. The fraction of sp³-hybridized carbons (Fsp3) is 0.522. The standard InChI is InChI=1S/C23H28N6O3/c24-20-19-21-27-22(26-20)32-9-2-1-8-31-18-11-14(12-29(21)23(30)25-19)10-15-13-28(7-6-17(15)18)16-4-3-5-16/h10-11,16H,1-9,12-13H2,(H,25,30)(H2,24,26,27). The Balaban J connectivity index is 1.44. The first-order chi connectivity index (χ1) is 15.7. The van der Waals surface area contributed by atoms with Gasteiger partial charge in [0.2, 0.25) is 0 Å². The van der Waals surface area contributed by atoms with Gasteiger partial charge in [-0.3, -0.25) is 9.47 Å². The van der Waals surface area contributed by atoms with Gasteiger partial charge in [-0.1, -0.05) is 12.5 Å². The number of hydrogen-bond donors (Lipinski definition) is 2. The molecule has 1 aromatic carbocycles. The minimum atomic E-state index is -0.262. The molecule has 2 aromatic heterocycles. The number of nitrogens with zero attached hydrogens (tertiary/aromatic N) is 4. The van der Waals surface area contributed by atoms with E-state index in [-0.39, 0.29) is 17.5 Å². The lowest BCUT2D eigenvalue weighted by Crippen LogP contribution is -2.43. The first-order valence-electron chi connectivity index (χ1n) is 11.6. The number of benzene rings is 1. The zero-order valence-corrected chi connectivity index (χ0v) is 18.1. The fourth-order valence-corrected chi connectivity index (χ4v) is 5.00. The molecule has 0 atom stereocenters. The SMILES string of the molecule is Nc1nc2nc3c1[nH]c(=O)n3Cc1cc3c(c(c1)OCCCCO2)CCN(C1CCC1)C3. The molecule has 4 heterocycles. The number of fused-ring (bicyclic) bond motifs is 5. The highest BCUT2D eigenvalue weighted by Crippen LogP contribution is 2.35. The molecule has 3 N–H and O–H groups in total. The fourth-order valence-electron chi connectivity index (χ4n) is 5.00. The van der Waals surface area contributed by atoms with E-state index in [1.807, 2.05) is 0 Å². The van der Waals surface area contributed by atoms with E-state index in [0.717, 1.165) is 43.7 Å². The molecule has 0 radical (unpaired) electrons. The molecule has 1 saturated carbocycles. The Kier molecular flexibility index (Phi) is 4.78. The maximum atomic E-state index is 12.8. The number of nitrogens with two attached hydrogens (primary N) is 1. The Bertz CT molecular complexity index is 1230. The van der Waals surface area contributed by atoms with Crippen molar-refractivity contribution < 1.29 is 9.47 Å². The van der Waals surface area contributed by atoms with Gasteiger partial charge in [-0.2, -0.15) is 9.97 Å². The van der Waals surface area contributed by atoms with Crippen molar-refractivity contribution in [2.75, 3.05) is 25.5 Å². The summed E-state index contributed by atoms with van der Waals surface area (Å²) in [5.41, 5.74) is 10.4. The van der Waals surface area contributed by atoms with Crippen LogP contribution in [0.4, 0.5) is 5.82 Å². The molecule has 32 heavy (non-hydrogen) atoms. The van der Waals surface area contributed by atoms with Crippen molar-refractivity contribution in [1.29, 1.82) is 0 Å². The van der Waals surface area contributed by atoms with Crippen molar-refractivity contribution in [3.05, 3.63) is 39.3 Å². The van der Waals surface area contributed by atoms with Gasteiger partial charge in [-0.05, 0) is 54.9 Å². The van der Waals surface area contributed by atoms with Gasteiger partial charge < -0.3 is 20.2 Å². The maximum absolute atomic E-state index is 12.8. The van der Waals surface area contributed by atoms with Crippen LogP contribution in [0.1, 0.15) is 48.8 Å². The van der Waals surface area contributed by atoms with Gasteiger partial charge in [0, 0.05) is 19.1 Å². The van der Waals surface area contributed by atoms with Crippen LogP contribution >= 0.6 is 0 Å². The summed E-state index contributed by atoms with van der Waals surface area (Å²) >= 11 is 0. The number of aromatic amines is 1. The van der Waals surface area contributed by atoms with Crippen molar-refractivity contribution in [3.63, 3.8) is 0 Å². The van der Waals surface area contributed by atoms with Crippen molar-refractivity contribution in [3.8, 4) is 11.8 Å². The first kappa shape index (κ1) is 19.6. The lowest BCUT2D eigenvalue weighted by atomic mass is 9.88. The van der Waals surface area contributed by atoms with Gasteiger partial charge in [-0.25, -0.2) is 4.79 Å². The van der Waals surface area contributed by atoms with Gasteiger partial charge in [-0.15, -0.1) is 0 Å². The normalized spacial score (nSPS) is 19.6. The highest BCUT2D eigenvalue weighted by Gasteiger charge is 2.29. The molecule has 1 aliphatic carbocycles. The third-order valence-electron chi connectivity index (χ3n) is 6.97. The van der Waals surface area contributed by atoms with E-state index in [4.69, 9.17) is 15.2 Å². The number of H-pyrrole nitrogens is 1. The van der Waals surface area contributed by atoms with E-state index >= 15 is 0 Å². The minimum absolute atomic E-state index is 0.197. The average Bonchev–Trinajstić information content (AvgIpc) is 3.04. The summed E-state index contributed by atoms with van der Waals surface area (Å²) in [7, 11) is 0. The monoisotopic (exact) mass is 436 g/mol. The number of rotatable bonds is 1. The van der Waals surface area contributed by atoms with Crippen molar-refractivity contribution in [1.82, 2.24) is 24.4 Å². The molecule has 0 spiro atoms. The summed E-state index contributed by atoms with van der Waals surface area (Å²) < 4.78 is 13.6. The van der Waals surface area contributed by atoms with Crippen LogP contribution in [0.25, 0.3) is 11.2 Å². The molecule has 1 fully saturated rings. The van der Waals surface area contributed by atoms with E-state index in [1.165, 1.54) is 30.4 Å². The van der Waals surface area contributed by atoms with E-state index in [1.54, 1.807) is 4.57 Å². The highest BCUT2D eigenvalue weighted by atomic mass is 16.5. The third kappa shape index (κ3) is 3.40. The van der Waals surface area contributed by atoms with Crippen LogP contribution in [0, 0.1) is 0 Å². The second-order valence-corrected chi connectivity index (χ2v) is 9.05. The Morgan fingerprint density at radius 1 is 1.06 bits per heavy atom. The van der Waals surface area contributed by atoms with Crippen molar-refractivity contribution >= 4 is 17.0 Å². The lowest BCUT2D eigenvalue weighted by molar-refractivity contribution is 0.112. The molecule has 9 heteroatoms. The smallest absolute Gasteiger partial charge is 0.328 e. The maximum Gasteiger partial charge on any atom is 0.328 e. The highest BCUT2D eigenvalue weighted by molar-refractivity contribution is 5.82. The summed E-state index contributed by atoms with van der Waals surface area (Å²) in [6, 6.07) is 5.23. The molecule has 6 rings (SSSR count). The number of hydrogen-bond acceptors (Lipinski definition) is 7. The van der Waals surface area contributed by atoms with E-state index < -0.39 is 0 Å². The summed E-state index contributed by atoms with van der Waals surface area (Å²) in [4.78, 5) is 26.9. The van der Waals surface area contributed by atoms with Gasteiger partial charge in [0.05, 0.1) is 19.8 Å². The molecule has 3 aliphatic rings.